The van der Waals surface area contributed by atoms with Crippen LogP contribution in [0.4, 0.5) is 0 Å². The predicted molar refractivity (Wildman–Crippen MR) is 142 cm³/mol. The van der Waals surface area contributed by atoms with Crippen LogP contribution in [0.2, 0.25) is 0 Å². The van der Waals surface area contributed by atoms with E-state index in [-0.39, 0.29) is 30.2 Å². The summed E-state index contributed by atoms with van der Waals surface area (Å²) < 4.78 is 8.17. The van der Waals surface area contributed by atoms with Crippen molar-refractivity contribution in [1.29, 1.82) is 0 Å². The van der Waals surface area contributed by atoms with E-state index in [9.17, 15) is 19.2 Å². The van der Waals surface area contributed by atoms with Gasteiger partial charge in [0.25, 0.3) is 5.91 Å². The number of imide groups is 1. The minimum Gasteiger partial charge on any atom is -0.491 e. The van der Waals surface area contributed by atoms with Crippen LogP contribution in [0.25, 0.3) is 11.0 Å². The van der Waals surface area contributed by atoms with Gasteiger partial charge in [-0.2, -0.15) is 0 Å². The molecule has 2 aromatic carbocycles. The second-order valence-corrected chi connectivity index (χ2v) is 10.4. The number of para-hydroxylation sites is 2. The SMILES string of the molecule is O=C1CCC(N2Cc3cc(OC[C@@H]4CCCCN4C(=O)CCn4cnc5ccccc54)ccc3C2=O)C(=O)N1. The lowest BCUT2D eigenvalue weighted by molar-refractivity contribution is -0.137. The minimum absolute atomic E-state index is 0.0133. The summed E-state index contributed by atoms with van der Waals surface area (Å²) in [5.74, 6) is -0.190. The highest BCUT2D eigenvalue weighted by Crippen LogP contribution is 2.30. The first-order chi connectivity index (χ1) is 19.0. The molecule has 4 heterocycles. The number of amides is 4. The standard InChI is InChI=1S/C29H31N5O5/c35-26-11-10-25(28(37)31-26)34-16-19-15-21(8-9-22(19)29(34)38)39-17-20-5-3-4-13-33(20)27(36)12-14-32-18-30-23-6-1-2-7-24(23)32/h1-2,6-9,15,18,20,25H,3-5,10-14,16-17H2,(H,31,35,37)/t20-,25?/m0/s1. The molecule has 0 aliphatic carbocycles. The first-order valence-corrected chi connectivity index (χ1v) is 13.6. The molecule has 10 heteroatoms. The van der Waals surface area contributed by atoms with E-state index >= 15 is 0 Å². The molecule has 202 valence electrons. The molecular formula is C29H31N5O5. The van der Waals surface area contributed by atoms with E-state index < -0.39 is 11.9 Å². The number of carbonyl (C=O) groups is 4. The molecule has 2 fully saturated rings. The molecule has 0 bridgehead atoms. The number of hydrogen-bond acceptors (Lipinski definition) is 6. The average molecular weight is 530 g/mol. The summed E-state index contributed by atoms with van der Waals surface area (Å²) in [5, 5.41) is 2.33. The van der Waals surface area contributed by atoms with Crippen LogP contribution >= 0.6 is 0 Å². The van der Waals surface area contributed by atoms with E-state index in [0.29, 0.717) is 43.9 Å². The molecule has 39 heavy (non-hydrogen) atoms. The number of aryl methyl sites for hydroxylation is 1. The van der Waals surface area contributed by atoms with E-state index in [4.69, 9.17) is 4.74 Å². The minimum atomic E-state index is -0.644. The molecule has 0 spiro atoms. The van der Waals surface area contributed by atoms with Crippen molar-refractivity contribution in [3.8, 4) is 5.75 Å². The van der Waals surface area contributed by atoms with Crippen LogP contribution in [0, 0.1) is 0 Å². The number of imidazole rings is 1. The highest BCUT2D eigenvalue weighted by molar-refractivity contribution is 6.05. The topological polar surface area (TPSA) is 114 Å². The monoisotopic (exact) mass is 529 g/mol. The molecule has 1 N–H and O–H groups in total. The van der Waals surface area contributed by atoms with Crippen LogP contribution in [-0.4, -0.2) is 68.2 Å². The number of piperidine rings is 2. The van der Waals surface area contributed by atoms with Gasteiger partial charge >= 0.3 is 0 Å². The molecule has 0 radical (unpaired) electrons. The summed E-state index contributed by atoms with van der Waals surface area (Å²) in [7, 11) is 0. The zero-order valence-electron chi connectivity index (χ0n) is 21.7. The third kappa shape index (κ3) is 4.98. The van der Waals surface area contributed by atoms with Gasteiger partial charge in [0.2, 0.25) is 17.7 Å². The number of hydrogen-bond donors (Lipinski definition) is 1. The predicted octanol–water partition coefficient (Wildman–Crippen LogP) is 2.65. The van der Waals surface area contributed by atoms with Gasteiger partial charge in [0.15, 0.2) is 0 Å². The summed E-state index contributed by atoms with van der Waals surface area (Å²) in [6.07, 6.45) is 5.64. The molecule has 3 aliphatic rings. The first kappa shape index (κ1) is 25.1. The highest BCUT2D eigenvalue weighted by Gasteiger charge is 2.39. The fourth-order valence-corrected chi connectivity index (χ4v) is 5.88. The number of aromatic nitrogens is 2. The van der Waals surface area contributed by atoms with Gasteiger partial charge in [-0.25, -0.2) is 4.98 Å². The van der Waals surface area contributed by atoms with Crippen molar-refractivity contribution >= 4 is 34.7 Å². The molecular weight excluding hydrogens is 498 g/mol. The Balaban J connectivity index is 1.07. The normalized spacial score (nSPS) is 21.3. The van der Waals surface area contributed by atoms with Crippen molar-refractivity contribution in [1.82, 2.24) is 24.7 Å². The highest BCUT2D eigenvalue weighted by atomic mass is 16.5. The third-order valence-corrected chi connectivity index (χ3v) is 7.98. The molecule has 2 saturated heterocycles. The maximum Gasteiger partial charge on any atom is 0.255 e. The number of benzene rings is 2. The number of nitrogens with one attached hydrogen (secondary N) is 1. The molecule has 1 unspecified atom stereocenters. The molecule has 3 aliphatic heterocycles. The van der Waals surface area contributed by atoms with Crippen molar-refractivity contribution in [2.75, 3.05) is 13.2 Å². The van der Waals surface area contributed by atoms with Gasteiger partial charge in [0.05, 0.1) is 23.4 Å². The molecule has 1 aromatic heterocycles. The maximum absolute atomic E-state index is 13.2. The lowest BCUT2D eigenvalue weighted by Gasteiger charge is -2.35. The molecule has 4 amide bonds. The lowest BCUT2D eigenvalue weighted by atomic mass is 10.0. The van der Waals surface area contributed by atoms with E-state index in [1.54, 1.807) is 18.5 Å². The van der Waals surface area contributed by atoms with Gasteiger partial charge in [0.1, 0.15) is 18.4 Å². The van der Waals surface area contributed by atoms with E-state index in [0.717, 1.165) is 42.4 Å². The Morgan fingerprint density at radius 2 is 1.95 bits per heavy atom. The smallest absolute Gasteiger partial charge is 0.255 e. The number of fused-ring (bicyclic) bond motifs is 2. The summed E-state index contributed by atoms with van der Waals surface area (Å²) >= 11 is 0. The number of likely N-dealkylation sites (tertiary alicyclic amines) is 1. The Morgan fingerprint density at radius 1 is 1.08 bits per heavy atom. The Kier molecular flexibility index (Phi) is 6.76. The number of rotatable bonds is 7. The Hall–Kier alpha value is -4.21. The van der Waals surface area contributed by atoms with Gasteiger partial charge in [-0.15, -0.1) is 0 Å². The molecule has 6 rings (SSSR count). The van der Waals surface area contributed by atoms with Crippen molar-refractivity contribution in [3.63, 3.8) is 0 Å². The third-order valence-electron chi connectivity index (χ3n) is 7.98. The molecule has 2 atom stereocenters. The Labute approximate surface area is 225 Å². The first-order valence-electron chi connectivity index (χ1n) is 13.6. The fraction of sp³-hybridized carbons (Fsp3) is 0.414. The van der Waals surface area contributed by atoms with Gasteiger partial charge in [-0.3, -0.25) is 24.5 Å². The number of nitrogens with zero attached hydrogens (tertiary/aromatic N) is 4. The second kappa shape index (κ2) is 10.5. The average Bonchev–Trinajstić information content (AvgIpc) is 3.51. The molecule has 3 aromatic rings. The van der Waals surface area contributed by atoms with Gasteiger partial charge < -0.3 is 19.1 Å². The summed E-state index contributed by atoms with van der Waals surface area (Å²) in [6, 6.07) is 12.6. The summed E-state index contributed by atoms with van der Waals surface area (Å²) in [4.78, 5) is 57.9. The Morgan fingerprint density at radius 3 is 2.82 bits per heavy atom. The zero-order valence-corrected chi connectivity index (χ0v) is 21.7. The Bertz CT molecular complexity index is 1450. The fourth-order valence-electron chi connectivity index (χ4n) is 5.88. The number of ether oxygens (including phenoxy) is 1. The van der Waals surface area contributed by atoms with Gasteiger partial charge in [-0.1, -0.05) is 12.1 Å². The van der Waals surface area contributed by atoms with E-state index in [1.165, 1.54) is 4.90 Å². The van der Waals surface area contributed by atoms with Crippen LogP contribution in [0.3, 0.4) is 0 Å². The van der Waals surface area contributed by atoms with Crippen molar-refractivity contribution in [2.45, 2.75) is 63.7 Å². The lowest BCUT2D eigenvalue weighted by Crippen LogP contribution is -2.52. The van der Waals surface area contributed by atoms with Crippen LogP contribution in [0.15, 0.2) is 48.8 Å². The quantitative estimate of drug-likeness (QED) is 0.471. The zero-order chi connectivity index (χ0) is 26.9. The van der Waals surface area contributed by atoms with Gasteiger partial charge in [-0.05, 0) is 61.6 Å². The largest absolute Gasteiger partial charge is 0.491 e. The van der Waals surface area contributed by atoms with E-state index in [1.807, 2.05) is 39.8 Å². The molecule has 0 saturated carbocycles. The van der Waals surface area contributed by atoms with Crippen LogP contribution in [-0.2, 0) is 27.5 Å². The van der Waals surface area contributed by atoms with E-state index in [2.05, 4.69) is 10.3 Å². The summed E-state index contributed by atoms with van der Waals surface area (Å²) in [6.45, 7) is 1.97. The van der Waals surface area contributed by atoms with Crippen molar-refractivity contribution in [2.24, 2.45) is 0 Å². The van der Waals surface area contributed by atoms with Crippen LogP contribution in [0.1, 0.15) is 54.4 Å². The van der Waals surface area contributed by atoms with Crippen molar-refractivity contribution in [3.05, 3.63) is 59.9 Å². The maximum atomic E-state index is 13.2. The number of carbonyl (C=O) groups excluding carboxylic acids is 4. The summed E-state index contributed by atoms with van der Waals surface area (Å²) in [5.41, 5.74) is 3.29. The van der Waals surface area contributed by atoms with Crippen LogP contribution < -0.4 is 10.1 Å². The molecule has 10 nitrogen and oxygen atoms in total. The van der Waals surface area contributed by atoms with Gasteiger partial charge in [0, 0.05) is 38.0 Å². The van der Waals surface area contributed by atoms with Crippen molar-refractivity contribution < 1.29 is 23.9 Å². The van der Waals surface area contributed by atoms with Crippen LogP contribution in [0.5, 0.6) is 5.75 Å². The second-order valence-electron chi connectivity index (χ2n) is 10.4.